The van der Waals surface area contributed by atoms with Crippen molar-refractivity contribution >= 4 is 23.2 Å². The van der Waals surface area contributed by atoms with E-state index in [2.05, 4.69) is 60.0 Å². The van der Waals surface area contributed by atoms with Crippen LogP contribution in [0.4, 0.5) is 5.95 Å². The van der Waals surface area contributed by atoms with Crippen molar-refractivity contribution in [3.8, 4) is 21.1 Å². The van der Waals surface area contributed by atoms with Crippen molar-refractivity contribution in [2.24, 2.45) is 4.99 Å². The molecule has 0 aliphatic heterocycles. The van der Waals surface area contributed by atoms with Gasteiger partial charge >= 0.3 is 0 Å². The van der Waals surface area contributed by atoms with Crippen LogP contribution in [-0.2, 0) is 5.41 Å². The predicted octanol–water partition coefficient (Wildman–Crippen LogP) is 4.98. The van der Waals surface area contributed by atoms with Crippen LogP contribution in [0.3, 0.4) is 0 Å². The third kappa shape index (κ3) is 4.84. The molecule has 0 saturated carbocycles. The number of aryl methyl sites for hydroxylation is 1. The normalized spacial score (nSPS) is 11.3. The zero-order valence-electron chi connectivity index (χ0n) is 19.1. The molecule has 0 unspecified atom stereocenters. The molecule has 30 heavy (non-hydrogen) atoms. The molecule has 0 aliphatic carbocycles. The van der Waals surface area contributed by atoms with Gasteiger partial charge in [-0.2, -0.15) is 4.99 Å². The van der Waals surface area contributed by atoms with Crippen molar-refractivity contribution in [3.05, 3.63) is 47.8 Å². The molecule has 0 amide bonds. The van der Waals surface area contributed by atoms with Gasteiger partial charge in [-0.25, -0.2) is 15.0 Å². The maximum Gasteiger partial charge on any atom is 0.253 e. The molecule has 0 N–H and O–H groups in total. The molecule has 0 bridgehead atoms. The highest BCUT2D eigenvalue weighted by Gasteiger charge is 2.16. The Kier molecular flexibility index (Phi) is 6.22. The standard InChI is InChI=1S/C23H30N6S/c1-15-19(18-13-14-24-21(26-18)27-22(28(5)6)29(7)8)30-20(25-15)16-9-11-17(12-10-16)23(2,3)4/h9-14H,1-8H3. The lowest BCUT2D eigenvalue weighted by molar-refractivity contribution is 0.483. The van der Waals surface area contributed by atoms with Crippen LogP contribution in [-0.4, -0.2) is 58.9 Å². The van der Waals surface area contributed by atoms with Gasteiger partial charge in [0.1, 0.15) is 5.01 Å². The molecule has 0 saturated heterocycles. The number of aromatic nitrogens is 3. The SMILES string of the molecule is Cc1nc(-c2ccc(C(C)(C)C)cc2)sc1-c1ccnc(N=C(N(C)C)N(C)C)n1. The van der Waals surface area contributed by atoms with Gasteiger partial charge in [0.2, 0.25) is 5.96 Å². The molecule has 7 heteroatoms. The van der Waals surface area contributed by atoms with E-state index in [9.17, 15) is 0 Å². The highest BCUT2D eigenvalue weighted by molar-refractivity contribution is 7.18. The number of thiazole rings is 1. The summed E-state index contributed by atoms with van der Waals surface area (Å²) < 4.78 is 0. The quantitative estimate of drug-likeness (QED) is 0.440. The van der Waals surface area contributed by atoms with Gasteiger partial charge in [0.15, 0.2) is 0 Å². The number of rotatable bonds is 3. The van der Waals surface area contributed by atoms with Crippen LogP contribution in [0, 0.1) is 6.92 Å². The molecule has 3 rings (SSSR count). The zero-order valence-corrected chi connectivity index (χ0v) is 19.9. The Bertz CT molecular complexity index is 1030. The van der Waals surface area contributed by atoms with Gasteiger partial charge in [-0.1, -0.05) is 45.0 Å². The number of aliphatic imine (C=N–C) groups is 1. The molecule has 0 spiro atoms. The fourth-order valence-electron chi connectivity index (χ4n) is 3.09. The molecule has 0 aliphatic rings. The summed E-state index contributed by atoms with van der Waals surface area (Å²) >= 11 is 1.65. The molecule has 6 nitrogen and oxygen atoms in total. The highest BCUT2D eigenvalue weighted by atomic mass is 32.1. The predicted molar refractivity (Wildman–Crippen MR) is 126 cm³/mol. The first-order valence-corrected chi connectivity index (χ1v) is 10.7. The fourth-order valence-corrected chi connectivity index (χ4v) is 4.13. The first kappa shape index (κ1) is 21.9. The molecule has 3 aromatic rings. The number of hydrogen-bond acceptors (Lipinski definition) is 5. The zero-order chi connectivity index (χ0) is 22.1. The second kappa shape index (κ2) is 8.52. The van der Waals surface area contributed by atoms with Gasteiger partial charge in [-0.3, -0.25) is 0 Å². The minimum Gasteiger partial charge on any atom is -0.349 e. The van der Waals surface area contributed by atoms with Crippen LogP contribution in [0.2, 0.25) is 0 Å². The summed E-state index contributed by atoms with van der Waals surface area (Å²) in [5.74, 6) is 1.22. The Morgan fingerprint density at radius 2 is 1.57 bits per heavy atom. The Morgan fingerprint density at radius 1 is 0.933 bits per heavy atom. The fraction of sp³-hybridized carbons (Fsp3) is 0.391. The maximum atomic E-state index is 4.80. The van der Waals surface area contributed by atoms with Crippen LogP contribution in [0.1, 0.15) is 32.0 Å². The third-order valence-corrected chi connectivity index (χ3v) is 5.90. The van der Waals surface area contributed by atoms with E-state index in [0.717, 1.165) is 32.8 Å². The minimum atomic E-state index is 0.137. The molecule has 0 fully saturated rings. The molecule has 0 radical (unpaired) electrons. The van der Waals surface area contributed by atoms with E-state index in [1.54, 1.807) is 17.5 Å². The Morgan fingerprint density at radius 3 is 2.13 bits per heavy atom. The summed E-state index contributed by atoms with van der Waals surface area (Å²) in [4.78, 5) is 23.3. The summed E-state index contributed by atoms with van der Waals surface area (Å²) in [6, 6.07) is 10.6. The molecule has 1 aromatic carbocycles. The first-order valence-electron chi connectivity index (χ1n) is 9.91. The lowest BCUT2D eigenvalue weighted by atomic mass is 9.87. The first-order chi connectivity index (χ1) is 14.1. The van der Waals surface area contributed by atoms with Crippen molar-refractivity contribution in [1.82, 2.24) is 24.8 Å². The topological polar surface area (TPSA) is 57.5 Å². The molecule has 2 aromatic heterocycles. The second-order valence-corrected chi connectivity index (χ2v) is 9.70. The van der Waals surface area contributed by atoms with E-state index in [4.69, 9.17) is 4.98 Å². The van der Waals surface area contributed by atoms with E-state index in [1.165, 1.54) is 5.56 Å². The minimum absolute atomic E-state index is 0.137. The van der Waals surface area contributed by atoms with Gasteiger partial charge in [0.05, 0.1) is 16.3 Å². The average Bonchev–Trinajstić information content (AvgIpc) is 3.07. The van der Waals surface area contributed by atoms with Crippen LogP contribution < -0.4 is 0 Å². The van der Waals surface area contributed by atoms with Gasteiger partial charge in [0.25, 0.3) is 5.95 Å². The van der Waals surface area contributed by atoms with E-state index in [-0.39, 0.29) is 5.41 Å². The molecular formula is C23H30N6S. The Hall–Kier alpha value is -2.80. The van der Waals surface area contributed by atoms with Gasteiger partial charge in [0, 0.05) is 40.0 Å². The number of benzene rings is 1. The van der Waals surface area contributed by atoms with Crippen molar-refractivity contribution < 1.29 is 0 Å². The van der Waals surface area contributed by atoms with Gasteiger partial charge < -0.3 is 9.80 Å². The van der Waals surface area contributed by atoms with Crippen molar-refractivity contribution in [2.75, 3.05) is 28.2 Å². The third-order valence-electron chi connectivity index (χ3n) is 4.67. The summed E-state index contributed by atoms with van der Waals surface area (Å²) in [5.41, 5.74) is 4.38. The van der Waals surface area contributed by atoms with Crippen molar-refractivity contribution in [1.29, 1.82) is 0 Å². The van der Waals surface area contributed by atoms with Crippen LogP contribution in [0.5, 0.6) is 0 Å². The second-order valence-electron chi connectivity index (χ2n) is 8.70. The monoisotopic (exact) mass is 422 g/mol. The summed E-state index contributed by atoms with van der Waals surface area (Å²) in [5, 5.41) is 0.994. The molecule has 0 atom stereocenters. The Labute approximate surface area is 183 Å². The number of guanidine groups is 1. The lowest BCUT2D eigenvalue weighted by Crippen LogP contribution is -2.35. The van der Waals surface area contributed by atoms with E-state index in [0.29, 0.717) is 5.95 Å². The highest BCUT2D eigenvalue weighted by Crippen LogP contribution is 2.35. The van der Waals surface area contributed by atoms with Crippen molar-refractivity contribution in [2.45, 2.75) is 33.1 Å². The largest absolute Gasteiger partial charge is 0.349 e. The van der Waals surface area contributed by atoms with E-state index >= 15 is 0 Å². The molecule has 158 valence electrons. The van der Waals surface area contributed by atoms with E-state index in [1.807, 2.05) is 51.0 Å². The lowest BCUT2D eigenvalue weighted by Gasteiger charge is -2.22. The summed E-state index contributed by atoms with van der Waals surface area (Å²) in [7, 11) is 7.81. The van der Waals surface area contributed by atoms with Crippen LogP contribution in [0.15, 0.2) is 41.5 Å². The summed E-state index contributed by atoms with van der Waals surface area (Å²) in [6.45, 7) is 8.69. The van der Waals surface area contributed by atoms with Crippen LogP contribution >= 0.6 is 11.3 Å². The van der Waals surface area contributed by atoms with Crippen LogP contribution in [0.25, 0.3) is 21.1 Å². The number of hydrogen-bond donors (Lipinski definition) is 0. The number of nitrogens with zero attached hydrogens (tertiary/aromatic N) is 6. The molecule has 2 heterocycles. The smallest absolute Gasteiger partial charge is 0.253 e. The average molecular weight is 423 g/mol. The molecular weight excluding hydrogens is 392 g/mol. The Balaban J connectivity index is 1.95. The van der Waals surface area contributed by atoms with Gasteiger partial charge in [-0.15, -0.1) is 11.3 Å². The van der Waals surface area contributed by atoms with E-state index < -0.39 is 0 Å². The van der Waals surface area contributed by atoms with Gasteiger partial charge in [-0.05, 0) is 24.0 Å². The maximum absolute atomic E-state index is 4.80. The van der Waals surface area contributed by atoms with Crippen molar-refractivity contribution in [3.63, 3.8) is 0 Å². The summed E-state index contributed by atoms with van der Waals surface area (Å²) in [6.07, 6.45) is 1.75.